The van der Waals surface area contributed by atoms with Crippen molar-refractivity contribution in [1.29, 1.82) is 0 Å². The number of rotatable bonds is 6. The van der Waals surface area contributed by atoms with Crippen LogP contribution in [-0.4, -0.2) is 19.5 Å². The van der Waals surface area contributed by atoms with Crippen molar-refractivity contribution in [2.24, 2.45) is 0 Å². The molecule has 0 saturated carbocycles. The van der Waals surface area contributed by atoms with Gasteiger partial charge in [-0.05, 0) is 35.4 Å². The molecule has 0 spiro atoms. The van der Waals surface area contributed by atoms with Gasteiger partial charge in [-0.15, -0.1) is 0 Å². The van der Waals surface area contributed by atoms with Crippen LogP contribution in [0.5, 0.6) is 0 Å². The normalized spacial score (nSPS) is 11.3. The van der Waals surface area contributed by atoms with Gasteiger partial charge in [-0.2, -0.15) is 0 Å². The predicted octanol–water partition coefficient (Wildman–Crippen LogP) is 2.76. The number of sulfonamides is 1. The Balaban J connectivity index is 2.15. The van der Waals surface area contributed by atoms with Gasteiger partial charge >= 0.3 is 5.97 Å². The van der Waals surface area contributed by atoms with Gasteiger partial charge in [0.05, 0.1) is 10.5 Å². The maximum atomic E-state index is 12.2. The van der Waals surface area contributed by atoms with Gasteiger partial charge in [0.2, 0.25) is 10.0 Å². The van der Waals surface area contributed by atoms with E-state index in [1.165, 1.54) is 18.2 Å². The summed E-state index contributed by atoms with van der Waals surface area (Å²) in [5.74, 6) is -1.05. The number of hydrogen-bond acceptors (Lipinski definition) is 3. The van der Waals surface area contributed by atoms with Gasteiger partial charge in [0.15, 0.2) is 0 Å². The zero-order valence-electron chi connectivity index (χ0n) is 11.5. The third kappa shape index (κ3) is 4.16. The van der Waals surface area contributed by atoms with E-state index in [2.05, 4.69) is 20.7 Å². The summed E-state index contributed by atoms with van der Waals surface area (Å²) in [6.45, 7) is 0.0298. The molecule has 2 rings (SSSR count). The number of alkyl halides is 1. The Morgan fingerprint density at radius 2 is 1.77 bits per heavy atom. The minimum Gasteiger partial charge on any atom is -0.478 e. The molecule has 0 heterocycles. The van der Waals surface area contributed by atoms with Crippen LogP contribution < -0.4 is 4.72 Å². The highest BCUT2D eigenvalue weighted by Gasteiger charge is 2.14. The summed E-state index contributed by atoms with van der Waals surface area (Å²) in [7, 11) is -3.64. The van der Waals surface area contributed by atoms with Gasteiger partial charge in [-0.1, -0.05) is 40.2 Å². The number of hydrogen-bond donors (Lipinski definition) is 2. The number of nitrogens with one attached hydrogen (secondary N) is 1. The van der Waals surface area contributed by atoms with Crippen molar-refractivity contribution in [3.63, 3.8) is 0 Å². The molecule has 7 heteroatoms. The second-order valence-corrected chi connectivity index (χ2v) is 6.94. The lowest BCUT2D eigenvalue weighted by molar-refractivity contribution is 0.0696. The van der Waals surface area contributed by atoms with Crippen LogP contribution in [0.15, 0.2) is 53.4 Å². The molecule has 2 aromatic rings. The van der Waals surface area contributed by atoms with Gasteiger partial charge < -0.3 is 5.11 Å². The summed E-state index contributed by atoms with van der Waals surface area (Å²) >= 11 is 3.28. The van der Waals surface area contributed by atoms with E-state index in [9.17, 15) is 13.2 Å². The first-order chi connectivity index (χ1) is 10.4. The lowest BCUT2D eigenvalue weighted by Crippen LogP contribution is -2.23. The largest absolute Gasteiger partial charge is 0.478 e. The van der Waals surface area contributed by atoms with Crippen molar-refractivity contribution in [2.45, 2.75) is 16.8 Å². The van der Waals surface area contributed by atoms with Gasteiger partial charge in [-0.3, -0.25) is 0 Å². The Hall–Kier alpha value is -1.70. The van der Waals surface area contributed by atoms with Gasteiger partial charge in [0, 0.05) is 11.9 Å². The topological polar surface area (TPSA) is 83.5 Å². The molecule has 0 atom stereocenters. The number of halogens is 1. The van der Waals surface area contributed by atoms with Crippen molar-refractivity contribution in [3.8, 4) is 0 Å². The van der Waals surface area contributed by atoms with Crippen molar-refractivity contribution in [3.05, 3.63) is 65.2 Å². The summed E-state index contributed by atoms with van der Waals surface area (Å²) < 4.78 is 27.0. The first kappa shape index (κ1) is 16.7. The van der Waals surface area contributed by atoms with Crippen LogP contribution >= 0.6 is 15.9 Å². The summed E-state index contributed by atoms with van der Waals surface area (Å²) in [6, 6.07) is 12.8. The van der Waals surface area contributed by atoms with E-state index in [1.54, 1.807) is 24.3 Å². The Labute approximate surface area is 137 Å². The second kappa shape index (κ2) is 7.04. The quantitative estimate of drug-likeness (QED) is 0.751. The fraction of sp³-hybridized carbons (Fsp3) is 0.133. The van der Waals surface area contributed by atoms with E-state index in [0.29, 0.717) is 10.9 Å². The lowest BCUT2D eigenvalue weighted by Gasteiger charge is -2.08. The average Bonchev–Trinajstić information content (AvgIpc) is 2.53. The van der Waals surface area contributed by atoms with Gasteiger partial charge in [0.25, 0.3) is 0 Å². The first-order valence-electron chi connectivity index (χ1n) is 6.39. The molecule has 0 radical (unpaired) electrons. The van der Waals surface area contributed by atoms with E-state index in [-0.39, 0.29) is 17.0 Å². The molecule has 0 unspecified atom stereocenters. The first-order valence-corrected chi connectivity index (χ1v) is 8.99. The molecule has 0 bridgehead atoms. The van der Waals surface area contributed by atoms with Crippen molar-refractivity contribution < 1.29 is 18.3 Å². The fourth-order valence-corrected chi connectivity index (χ4v) is 3.31. The van der Waals surface area contributed by atoms with Gasteiger partial charge in [0.1, 0.15) is 0 Å². The monoisotopic (exact) mass is 383 g/mol. The van der Waals surface area contributed by atoms with Crippen LogP contribution in [0.4, 0.5) is 0 Å². The molecule has 0 aliphatic carbocycles. The van der Waals surface area contributed by atoms with Crippen LogP contribution in [-0.2, 0) is 21.9 Å². The van der Waals surface area contributed by atoms with Crippen molar-refractivity contribution in [2.75, 3.05) is 0 Å². The Morgan fingerprint density at radius 1 is 1.09 bits per heavy atom. The van der Waals surface area contributed by atoms with Crippen molar-refractivity contribution >= 4 is 31.9 Å². The minimum atomic E-state index is -3.64. The van der Waals surface area contributed by atoms with Crippen LogP contribution in [0.25, 0.3) is 0 Å². The highest BCUT2D eigenvalue weighted by molar-refractivity contribution is 9.08. The molecular weight excluding hydrogens is 370 g/mol. The molecular formula is C15H14BrNO4S. The Bertz CT molecular complexity index is 790. The van der Waals surface area contributed by atoms with Crippen LogP contribution in [0.2, 0.25) is 0 Å². The van der Waals surface area contributed by atoms with Crippen LogP contribution in [0, 0.1) is 0 Å². The van der Waals surface area contributed by atoms with Gasteiger partial charge in [-0.25, -0.2) is 17.9 Å². The number of carboxylic acids is 1. The highest BCUT2D eigenvalue weighted by atomic mass is 79.9. The molecule has 0 aromatic heterocycles. The Kier molecular flexibility index (Phi) is 5.33. The SMILES string of the molecule is O=C(O)c1cccc(CNS(=O)(=O)c2cccc(CBr)c2)c1. The Morgan fingerprint density at radius 3 is 2.45 bits per heavy atom. The molecule has 5 nitrogen and oxygen atoms in total. The molecule has 0 aliphatic heterocycles. The van der Waals surface area contributed by atoms with E-state index >= 15 is 0 Å². The zero-order chi connectivity index (χ0) is 16.2. The lowest BCUT2D eigenvalue weighted by atomic mass is 10.1. The van der Waals surface area contributed by atoms with E-state index in [4.69, 9.17) is 5.11 Å². The molecule has 0 fully saturated rings. The predicted molar refractivity (Wildman–Crippen MR) is 86.5 cm³/mol. The number of benzene rings is 2. The highest BCUT2D eigenvalue weighted by Crippen LogP contribution is 2.14. The van der Waals surface area contributed by atoms with Crippen LogP contribution in [0.1, 0.15) is 21.5 Å². The number of carboxylic acid groups (broad SMARTS) is 1. The summed E-state index contributed by atoms with van der Waals surface area (Å²) in [6.07, 6.45) is 0. The zero-order valence-corrected chi connectivity index (χ0v) is 13.9. The maximum Gasteiger partial charge on any atom is 0.335 e. The third-order valence-electron chi connectivity index (χ3n) is 3.00. The molecule has 116 valence electrons. The molecule has 22 heavy (non-hydrogen) atoms. The number of aromatic carboxylic acids is 1. The smallest absolute Gasteiger partial charge is 0.335 e. The van der Waals surface area contributed by atoms with E-state index in [1.807, 2.05) is 6.07 Å². The fourth-order valence-electron chi connectivity index (χ4n) is 1.87. The maximum absolute atomic E-state index is 12.2. The van der Waals surface area contributed by atoms with E-state index in [0.717, 1.165) is 5.56 Å². The third-order valence-corrected chi connectivity index (χ3v) is 5.05. The molecule has 0 saturated heterocycles. The summed E-state index contributed by atoms with van der Waals surface area (Å²) in [4.78, 5) is 11.1. The van der Waals surface area contributed by atoms with Crippen molar-refractivity contribution in [1.82, 2.24) is 4.72 Å². The molecule has 2 N–H and O–H groups in total. The summed E-state index contributed by atoms with van der Waals surface area (Å²) in [5.41, 5.74) is 1.56. The molecule has 0 amide bonds. The molecule has 0 aliphatic rings. The van der Waals surface area contributed by atoms with E-state index < -0.39 is 16.0 Å². The second-order valence-electron chi connectivity index (χ2n) is 4.61. The van der Waals surface area contributed by atoms with Crippen LogP contribution in [0.3, 0.4) is 0 Å². The average molecular weight is 384 g/mol. The standard InChI is InChI=1S/C15H14BrNO4S/c16-9-11-3-2-6-14(8-11)22(20,21)17-10-12-4-1-5-13(7-12)15(18)19/h1-8,17H,9-10H2,(H,18,19). The number of carbonyl (C=O) groups is 1. The summed E-state index contributed by atoms with van der Waals surface area (Å²) in [5, 5.41) is 9.50. The minimum absolute atomic E-state index is 0.0298. The molecule has 2 aromatic carbocycles.